The number of benzene rings is 2. The van der Waals surface area contributed by atoms with Gasteiger partial charge in [0.25, 0.3) is 0 Å². The maximum Gasteiger partial charge on any atom is 0.123 e. The van der Waals surface area contributed by atoms with Crippen LogP contribution in [0.5, 0.6) is 0 Å². The van der Waals surface area contributed by atoms with Crippen molar-refractivity contribution in [1.29, 1.82) is 0 Å². The molecular formula is C19H22FN. The van der Waals surface area contributed by atoms with Gasteiger partial charge in [0.2, 0.25) is 0 Å². The first-order valence-electron chi connectivity index (χ1n) is 7.67. The van der Waals surface area contributed by atoms with E-state index in [1.165, 1.54) is 11.1 Å². The van der Waals surface area contributed by atoms with E-state index in [1.54, 1.807) is 12.1 Å². The Morgan fingerprint density at radius 3 is 2.52 bits per heavy atom. The average molecular weight is 283 g/mol. The summed E-state index contributed by atoms with van der Waals surface area (Å²) in [4.78, 5) is 0. The molecule has 1 nitrogen and oxygen atoms in total. The number of halogens is 1. The van der Waals surface area contributed by atoms with Crippen molar-refractivity contribution in [3.05, 3.63) is 71.5 Å². The molecule has 1 saturated heterocycles. The molecular weight excluding hydrogens is 261 g/mol. The highest BCUT2D eigenvalue weighted by Crippen LogP contribution is 2.43. The van der Waals surface area contributed by atoms with Crippen molar-refractivity contribution < 1.29 is 4.39 Å². The molecule has 0 aromatic heterocycles. The summed E-state index contributed by atoms with van der Waals surface area (Å²) in [5.74, 6) is 0.339. The molecule has 0 saturated carbocycles. The summed E-state index contributed by atoms with van der Waals surface area (Å²) < 4.78 is 13.1. The van der Waals surface area contributed by atoms with Crippen LogP contribution in [-0.2, 0) is 6.42 Å². The van der Waals surface area contributed by atoms with E-state index in [9.17, 15) is 4.39 Å². The van der Waals surface area contributed by atoms with Crippen molar-refractivity contribution in [2.24, 2.45) is 5.41 Å². The highest BCUT2D eigenvalue weighted by atomic mass is 19.1. The molecule has 0 bridgehead atoms. The van der Waals surface area contributed by atoms with Gasteiger partial charge < -0.3 is 5.32 Å². The molecule has 1 aliphatic rings. The summed E-state index contributed by atoms with van der Waals surface area (Å²) >= 11 is 0. The van der Waals surface area contributed by atoms with E-state index in [4.69, 9.17) is 0 Å². The minimum Gasteiger partial charge on any atom is -0.316 e. The van der Waals surface area contributed by atoms with Gasteiger partial charge in [-0.2, -0.15) is 0 Å². The van der Waals surface area contributed by atoms with Gasteiger partial charge >= 0.3 is 0 Å². The van der Waals surface area contributed by atoms with Crippen LogP contribution in [-0.4, -0.2) is 13.1 Å². The van der Waals surface area contributed by atoms with Crippen LogP contribution in [0.2, 0.25) is 0 Å². The van der Waals surface area contributed by atoms with E-state index < -0.39 is 0 Å². The predicted molar refractivity (Wildman–Crippen MR) is 84.9 cm³/mol. The van der Waals surface area contributed by atoms with Gasteiger partial charge in [-0.25, -0.2) is 4.39 Å². The van der Waals surface area contributed by atoms with Crippen molar-refractivity contribution in [2.75, 3.05) is 13.1 Å². The van der Waals surface area contributed by atoms with Crippen LogP contribution < -0.4 is 5.32 Å². The van der Waals surface area contributed by atoms with Crippen LogP contribution in [0.15, 0.2) is 54.6 Å². The van der Waals surface area contributed by atoms with Gasteiger partial charge in [0, 0.05) is 12.5 Å². The molecule has 21 heavy (non-hydrogen) atoms. The van der Waals surface area contributed by atoms with Gasteiger partial charge in [-0.1, -0.05) is 49.4 Å². The molecule has 0 amide bonds. The number of hydrogen-bond acceptors (Lipinski definition) is 1. The molecule has 2 atom stereocenters. The molecule has 1 fully saturated rings. The third kappa shape index (κ3) is 3.16. The van der Waals surface area contributed by atoms with Crippen LogP contribution in [0.25, 0.3) is 0 Å². The van der Waals surface area contributed by atoms with Crippen LogP contribution in [0.1, 0.15) is 30.4 Å². The smallest absolute Gasteiger partial charge is 0.123 e. The van der Waals surface area contributed by atoms with Crippen molar-refractivity contribution >= 4 is 0 Å². The molecule has 1 heterocycles. The van der Waals surface area contributed by atoms with Crippen molar-refractivity contribution in [3.63, 3.8) is 0 Å². The van der Waals surface area contributed by atoms with E-state index in [0.717, 1.165) is 25.9 Å². The predicted octanol–water partition coefficient (Wildman–Crippen LogP) is 4.15. The zero-order chi connectivity index (χ0) is 14.7. The zero-order valence-electron chi connectivity index (χ0n) is 12.5. The summed E-state index contributed by atoms with van der Waals surface area (Å²) in [5, 5.41) is 3.52. The molecule has 1 aliphatic heterocycles. The summed E-state index contributed by atoms with van der Waals surface area (Å²) in [6.07, 6.45) is 2.14. The Kier molecular flexibility index (Phi) is 4.07. The third-order valence-electron chi connectivity index (χ3n) is 4.79. The number of nitrogens with one attached hydrogen (secondary N) is 1. The first kappa shape index (κ1) is 14.3. The quantitative estimate of drug-likeness (QED) is 0.892. The Morgan fingerprint density at radius 2 is 1.81 bits per heavy atom. The van der Waals surface area contributed by atoms with E-state index in [2.05, 4.69) is 42.6 Å². The van der Waals surface area contributed by atoms with E-state index in [-0.39, 0.29) is 11.2 Å². The van der Waals surface area contributed by atoms with Crippen molar-refractivity contribution in [2.45, 2.75) is 25.7 Å². The van der Waals surface area contributed by atoms with Gasteiger partial charge in [0.15, 0.2) is 0 Å². The van der Waals surface area contributed by atoms with Gasteiger partial charge in [-0.3, -0.25) is 0 Å². The Morgan fingerprint density at radius 1 is 1.10 bits per heavy atom. The first-order valence-corrected chi connectivity index (χ1v) is 7.67. The monoisotopic (exact) mass is 283 g/mol. The minimum absolute atomic E-state index is 0.158. The second-order valence-electron chi connectivity index (χ2n) is 6.37. The molecule has 3 rings (SSSR count). The number of hydrogen-bond donors (Lipinski definition) is 1. The summed E-state index contributed by atoms with van der Waals surface area (Å²) in [7, 11) is 0. The Labute approximate surface area is 126 Å². The molecule has 110 valence electrons. The molecule has 0 radical (unpaired) electrons. The van der Waals surface area contributed by atoms with Gasteiger partial charge in [0.05, 0.1) is 0 Å². The average Bonchev–Trinajstić information content (AvgIpc) is 2.51. The fraction of sp³-hybridized carbons (Fsp3) is 0.368. The fourth-order valence-electron chi connectivity index (χ4n) is 3.53. The number of piperidine rings is 1. The lowest BCUT2D eigenvalue weighted by Crippen LogP contribution is -2.43. The van der Waals surface area contributed by atoms with Crippen molar-refractivity contribution in [3.8, 4) is 0 Å². The van der Waals surface area contributed by atoms with Crippen LogP contribution in [0.4, 0.5) is 4.39 Å². The summed E-state index contributed by atoms with van der Waals surface area (Å²) in [6.45, 7) is 4.44. The highest BCUT2D eigenvalue weighted by molar-refractivity contribution is 5.26. The van der Waals surface area contributed by atoms with Crippen LogP contribution in [0, 0.1) is 11.2 Å². The lowest BCUT2D eigenvalue weighted by Gasteiger charge is -2.42. The Bertz CT molecular complexity index is 578. The Balaban J connectivity index is 1.86. The maximum atomic E-state index is 13.1. The fourth-order valence-corrected chi connectivity index (χ4v) is 3.53. The largest absolute Gasteiger partial charge is 0.316 e. The second kappa shape index (κ2) is 5.98. The van der Waals surface area contributed by atoms with E-state index >= 15 is 0 Å². The van der Waals surface area contributed by atoms with E-state index in [0.29, 0.717) is 5.92 Å². The summed E-state index contributed by atoms with van der Waals surface area (Å²) in [6, 6.07) is 17.7. The first-order chi connectivity index (χ1) is 10.2. The minimum atomic E-state index is -0.158. The Hall–Kier alpha value is -1.67. The van der Waals surface area contributed by atoms with Gasteiger partial charge in [0.1, 0.15) is 5.82 Å². The van der Waals surface area contributed by atoms with Gasteiger partial charge in [-0.05, 0) is 48.1 Å². The molecule has 2 heteroatoms. The lowest BCUT2D eigenvalue weighted by molar-refractivity contribution is 0.186. The third-order valence-corrected chi connectivity index (χ3v) is 4.79. The molecule has 2 aromatic rings. The second-order valence-corrected chi connectivity index (χ2v) is 6.37. The lowest BCUT2D eigenvalue weighted by atomic mass is 9.66. The number of rotatable bonds is 3. The normalized spacial score (nSPS) is 25.7. The molecule has 1 N–H and O–H groups in total. The topological polar surface area (TPSA) is 12.0 Å². The van der Waals surface area contributed by atoms with Crippen LogP contribution in [0.3, 0.4) is 0 Å². The molecule has 2 aromatic carbocycles. The molecule has 2 unspecified atom stereocenters. The molecule has 0 aliphatic carbocycles. The van der Waals surface area contributed by atoms with Gasteiger partial charge in [-0.15, -0.1) is 0 Å². The zero-order valence-corrected chi connectivity index (χ0v) is 12.5. The standard InChI is InChI=1S/C19H22FN/c1-19(13-15-7-9-17(20)10-8-15)11-12-21-14-18(19)16-5-3-2-4-6-16/h2-10,18,21H,11-14H2,1H3. The van der Waals surface area contributed by atoms with E-state index in [1.807, 2.05) is 12.1 Å². The van der Waals surface area contributed by atoms with Crippen LogP contribution >= 0.6 is 0 Å². The molecule has 0 spiro atoms. The summed E-state index contributed by atoms with van der Waals surface area (Å²) in [5.41, 5.74) is 2.83. The highest BCUT2D eigenvalue weighted by Gasteiger charge is 2.37. The maximum absolute atomic E-state index is 13.1. The SMILES string of the molecule is CC1(Cc2ccc(F)cc2)CCNCC1c1ccccc1. The van der Waals surface area contributed by atoms with Crippen molar-refractivity contribution in [1.82, 2.24) is 5.32 Å².